The van der Waals surface area contributed by atoms with E-state index in [2.05, 4.69) is 70.2 Å². The molecule has 0 radical (unpaired) electrons. The molecule has 0 aliphatic heterocycles. The van der Waals surface area contributed by atoms with Gasteiger partial charge in [-0.2, -0.15) is 0 Å². The van der Waals surface area contributed by atoms with E-state index in [-0.39, 0.29) is 10.8 Å². The maximum atomic E-state index is 6.40. The maximum Gasteiger partial charge on any atom is 0.153 e. The standard InChI is InChI=1S/C28H25ClO/c1-27(2)10-11-28(3,4)23-14-19-17(13-22(23)27)9-8-16-12-21-18-6-5-7-24(29)26(18)30-25(21)15-20(16)19/h5-9,12-15H,10-11H2,1-4H3. The second kappa shape index (κ2) is 5.80. The van der Waals surface area contributed by atoms with Gasteiger partial charge in [-0.05, 0) is 80.6 Å². The van der Waals surface area contributed by atoms with Gasteiger partial charge in [-0.1, -0.05) is 69.6 Å². The number of halogens is 1. The average Bonchev–Trinajstić information content (AvgIpc) is 3.08. The maximum absolute atomic E-state index is 6.40. The summed E-state index contributed by atoms with van der Waals surface area (Å²) in [5.74, 6) is 0. The van der Waals surface area contributed by atoms with Crippen molar-refractivity contribution in [3.63, 3.8) is 0 Å². The Morgan fingerprint density at radius 1 is 0.700 bits per heavy atom. The molecular formula is C28H25ClO. The van der Waals surface area contributed by atoms with E-state index in [0.717, 1.165) is 21.9 Å². The summed E-state index contributed by atoms with van der Waals surface area (Å²) in [6.45, 7) is 9.54. The SMILES string of the molecule is CC1(C)CCC(C)(C)c2cc3c(ccc4cc5c(cc43)oc3c(Cl)cccc35)cc21. The van der Waals surface area contributed by atoms with Crippen molar-refractivity contribution in [3.05, 3.63) is 70.7 Å². The lowest BCUT2D eigenvalue weighted by atomic mass is 9.62. The lowest BCUT2D eigenvalue weighted by Crippen LogP contribution is -2.33. The first-order chi connectivity index (χ1) is 14.2. The fourth-order valence-electron chi connectivity index (χ4n) is 5.38. The van der Waals surface area contributed by atoms with E-state index in [4.69, 9.17) is 16.0 Å². The fourth-order valence-corrected chi connectivity index (χ4v) is 5.59. The molecule has 1 heterocycles. The summed E-state index contributed by atoms with van der Waals surface area (Å²) in [7, 11) is 0. The Labute approximate surface area is 181 Å². The molecule has 6 rings (SSSR count). The molecule has 150 valence electrons. The first-order valence-corrected chi connectivity index (χ1v) is 11.1. The van der Waals surface area contributed by atoms with E-state index >= 15 is 0 Å². The number of hydrogen-bond acceptors (Lipinski definition) is 1. The third-order valence-electron chi connectivity index (χ3n) is 7.38. The number of hydrogen-bond donors (Lipinski definition) is 0. The van der Waals surface area contributed by atoms with Crippen molar-refractivity contribution in [2.45, 2.75) is 51.4 Å². The highest BCUT2D eigenvalue weighted by atomic mass is 35.5. The largest absolute Gasteiger partial charge is 0.454 e. The van der Waals surface area contributed by atoms with Crippen molar-refractivity contribution in [2.24, 2.45) is 0 Å². The van der Waals surface area contributed by atoms with Crippen molar-refractivity contribution in [1.29, 1.82) is 0 Å². The molecule has 0 atom stereocenters. The minimum Gasteiger partial charge on any atom is -0.454 e. The molecule has 0 unspecified atom stereocenters. The number of furan rings is 1. The monoisotopic (exact) mass is 412 g/mol. The number of para-hydroxylation sites is 1. The molecule has 5 aromatic rings. The summed E-state index contributed by atoms with van der Waals surface area (Å²) in [6.07, 6.45) is 2.45. The predicted molar refractivity (Wildman–Crippen MR) is 129 cm³/mol. The molecule has 0 N–H and O–H groups in total. The molecule has 0 saturated carbocycles. The van der Waals surface area contributed by atoms with Gasteiger partial charge in [-0.25, -0.2) is 0 Å². The van der Waals surface area contributed by atoms with Crippen LogP contribution in [0.1, 0.15) is 51.7 Å². The summed E-state index contributed by atoms with van der Waals surface area (Å²) >= 11 is 6.40. The topological polar surface area (TPSA) is 13.1 Å². The Morgan fingerprint density at radius 3 is 2.07 bits per heavy atom. The number of fused-ring (bicyclic) bond motifs is 7. The number of rotatable bonds is 0. The van der Waals surface area contributed by atoms with Gasteiger partial charge in [-0.3, -0.25) is 0 Å². The highest BCUT2D eigenvalue weighted by Crippen LogP contribution is 2.48. The highest BCUT2D eigenvalue weighted by Gasteiger charge is 2.37. The van der Waals surface area contributed by atoms with Crippen LogP contribution in [-0.2, 0) is 10.8 Å². The van der Waals surface area contributed by atoms with Gasteiger partial charge in [0.15, 0.2) is 5.58 Å². The van der Waals surface area contributed by atoms with Crippen LogP contribution in [0, 0.1) is 0 Å². The van der Waals surface area contributed by atoms with E-state index in [1.165, 1.54) is 45.5 Å². The van der Waals surface area contributed by atoms with Crippen molar-refractivity contribution in [3.8, 4) is 0 Å². The van der Waals surface area contributed by atoms with Crippen LogP contribution < -0.4 is 0 Å². The van der Waals surface area contributed by atoms with Gasteiger partial charge >= 0.3 is 0 Å². The molecule has 1 nitrogen and oxygen atoms in total. The minimum atomic E-state index is 0.193. The Balaban J connectivity index is 1.73. The van der Waals surface area contributed by atoms with E-state index in [0.29, 0.717) is 5.02 Å². The molecular weight excluding hydrogens is 388 g/mol. The van der Waals surface area contributed by atoms with E-state index in [1.807, 2.05) is 12.1 Å². The van der Waals surface area contributed by atoms with E-state index in [9.17, 15) is 0 Å². The van der Waals surface area contributed by atoms with Crippen LogP contribution in [0.4, 0.5) is 0 Å². The van der Waals surface area contributed by atoms with Crippen LogP contribution in [0.15, 0.2) is 59.0 Å². The van der Waals surface area contributed by atoms with Crippen LogP contribution >= 0.6 is 11.6 Å². The molecule has 0 saturated heterocycles. The predicted octanol–water partition coefficient (Wildman–Crippen LogP) is 8.89. The normalized spacial score (nSPS) is 17.8. The Morgan fingerprint density at radius 2 is 1.33 bits per heavy atom. The Bertz CT molecular complexity index is 1500. The third-order valence-corrected chi connectivity index (χ3v) is 7.67. The zero-order valence-corrected chi connectivity index (χ0v) is 18.7. The molecule has 30 heavy (non-hydrogen) atoms. The van der Waals surface area contributed by atoms with Gasteiger partial charge < -0.3 is 4.42 Å². The molecule has 0 amide bonds. The summed E-state index contributed by atoms with van der Waals surface area (Å²) in [5.41, 5.74) is 5.07. The van der Waals surface area contributed by atoms with Gasteiger partial charge in [0.1, 0.15) is 5.58 Å². The molecule has 1 aliphatic carbocycles. The average molecular weight is 413 g/mol. The molecule has 1 aliphatic rings. The van der Waals surface area contributed by atoms with Crippen LogP contribution in [0.25, 0.3) is 43.5 Å². The summed E-state index contributed by atoms with van der Waals surface area (Å²) in [5, 5.41) is 7.97. The number of benzene rings is 4. The second-order valence-electron chi connectivity index (χ2n) is 10.2. The molecule has 4 aromatic carbocycles. The van der Waals surface area contributed by atoms with Gasteiger partial charge in [0.05, 0.1) is 5.02 Å². The van der Waals surface area contributed by atoms with Gasteiger partial charge in [-0.15, -0.1) is 0 Å². The molecule has 0 bridgehead atoms. The van der Waals surface area contributed by atoms with Crippen molar-refractivity contribution in [1.82, 2.24) is 0 Å². The van der Waals surface area contributed by atoms with E-state index < -0.39 is 0 Å². The van der Waals surface area contributed by atoms with Gasteiger partial charge in [0.25, 0.3) is 0 Å². The summed E-state index contributed by atoms with van der Waals surface area (Å²) in [4.78, 5) is 0. The van der Waals surface area contributed by atoms with Crippen LogP contribution in [0.5, 0.6) is 0 Å². The quantitative estimate of drug-likeness (QED) is 0.231. The summed E-state index contributed by atoms with van der Waals surface area (Å²) in [6, 6.07) is 19.8. The zero-order valence-electron chi connectivity index (χ0n) is 17.9. The third kappa shape index (κ3) is 2.42. The first kappa shape index (κ1) is 18.3. The van der Waals surface area contributed by atoms with Gasteiger partial charge in [0.2, 0.25) is 0 Å². The smallest absolute Gasteiger partial charge is 0.153 e. The Kier molecular flexibility index (Phi) is 3.53. The van der Waals surface area contributed by atoms with Crippen molar-refractivity contribution < 1.29 is 4.42 Å². The highest BCUT2D eigenvalue weighted by molar-refractivity contribution is 6.36. The van der Waals surface area contributed by atoms with Crippen LogP contribution in [0.3, 0.4) is 0 Å². The molecule has 0 spiro atoms. The lowest BCUT2D eigenvalue weighted by Gasteiger charge is -2.42. The van der Waals surface area contributed by atoms with E-state index in [1.54, 1.807) is 0 Å². The fraction of sp³-hybridized carbons (Fsp3) is 0.286. The minimum absolute atomic E-state index is 0.193. The lowest BCUT2D eigenvalue weighted by molar-refractivity contribution is 0.332. The Hall–Kier alpha value is -2.51. The van der Waals surface area contributed by atoms with Crippen molar-refractivity contribution in [2.75, 3.05) is 0 Å². The zero-order chi connectivity index (χ0) is 20.8. The second-order valence-corrected chi connectivity index (χ2v) is 10.6. The molecule has 2 heteroatoms. The molecule has 0 fully saturated rings. The van der Waals surface area contributed by atoms with Gasteiger partial charge in [0, 0.05) is 10.8 Å². The van der Waals surface area contributed by atoms with Crippen LogP contribution in [-0.4, -0.2) is 0 Å². The van der Waals surface area contributed by atoms with Crippen LogP contribution in [0.2, 0.25) is 5.02 Å². The molecule has 1 aromatic heterocycles. The summed E-state index contributed by atoms with van der Waals surface area (Å²) < 4.78 is 6.19. The van der Waals surface area contributed by atoms with Crippen molar-refractivity contribution >= 4 is 55.1 Å². The first-order valence-electron chi connectivity index (χ1n) is 10.8.